The Labute approximate surface area is 157 Å². The molecule has 6 heteroatoms. The van der Waals surface area contributed by atoms with E-state index >= 15 is 0 Å². The second-order valence-electron chi connectivity index (χ2n) is 7.18. The molecule has 4 bridgehead atoms. The first-order valence-electron chi connectivity index (χ1n) is 9.14. The molecule has 0 spiro atoms. The molecule has 4 rings (SSSR count). The number of phenolic OH excluding ortho intramolecular Hbond substituents is 1. The van der Waals surface area contributed by atoms with E-state index in [9.17, 15) is 14.7 Å². The molecule has 2 aromatic carbocycles. The monoisotopic (exact) mass is 366 g/mol. The zero-order valence-corrected chi connectivity index (χ0v) is 15.1. The second-order valence-corrected chi connectivity index (χ2v) is 7.18. The van der Waals surface area contributed by atoms with Gasteiger partial charge in [0.1, 0.15) is 5.75 Å². The van der Waals surface area contributed by atoms with Crippen molar-refractivity contribution in [1.29, 1.82) is 0 Å². The fourth-order valence-electron chi connectivity index (χ4n) is 3.81. The number of likely N-dealkylation sites (tertiary alicyclic amines) is 1. The minimum Gasteiger partial charge on any atom is -0.504 e. The van der Waals surface area contributed by atoms with Crippen LogP contribution in [-0.4, -0.2) is 41.0 Å². The summed E-state index contributed by atoms with van der Waals surface area (Å²) in [6.45, 7) is 2.61. The number of rotatable bonds is 0. The van der Waals surface area contributed by atoms with E-state index in [4.69, 9.17) is 4.74 Å². The molecule has 27 heavy (non-hydrogen) atoms. The van der Waals surface area contributed by atoms with Crippen LogP contribution in [0.25, 0.3) is 0 Å². The van der Waals surface area contributed by atoms with Gasteiger partial charge < -0.3 is 20.1 Å². The number of aromatic hydroxyl groups is 1. The van der Waals surface area contributed by atoms with Crippen molar-refractivity contribution in [2.75, 3.05) is 13.1 Å². The molecule has 0 saturated carbocycles. The van der Waals surface area contributed by atoms with E-state index < -0.39 is 0 Å². The maximum Gasteiger partial charge on any atom is 0.220 e. The quantitative estimate of drug-likeness (QED) is 0.751. The number of aryl methyl sites for hydroxylation is 1. The van der Waals surface area contributed by atoms with Gasteiger partial charge in [-0.2, -0.15) is 0 Å². The number of nitrogens with zero attached hydrogens (tertiary/aromatic N) is 1. The Hall–Kier alpha value is -3.02. The lowest BCUT2D eigenvalue weighted by atomic mass is 9.94. The van der Waals surface area contributed by atoms with Crippen molar-refractivity contribution >= 4 is 11.8 Å². The van der Waals surface area contributed by atoms with Crippen molar-refractivity contribution in [2.45, 2.75) is 31.7 Å². The van der Waals surface area contributed by atoms with Gasteiger partial charge in [-0.25, -0.2) is 0 Å². The van der Waals surface area contributed by atoms with E-state index in [1.807, 2.05) is 24.3 Å². The molecule has 1 fully saturated rings. The molecular formula is C21H22N2O4. The van der Waals surface area contributed by atoms with Gasteiger partial charge in [-0.05, 0) is 41.8 Å². The Balaban J connectivity index is 1.74. The van der Waals surface area contributed by atoms with Gasteiger partial charge in [-0.3, -0.25) is 9.59 Å². The highest BCUT2D eigenvalue weighted by Gasteiger charge is 2.36. The molecule has 2 heterocycles. The van der Waals surface area contributed by atoms with Crippen molar-refractivity contribution in [3.63, 3.8) is 0 Å². The lowest BCUT2D eigenvalue weighted by Gasteiger charge is -2.20. The fraction of sp³-hybridized carbons (Fsp3) is 0.333. The van der Waals surface area contributed by atoms with Crippen molar-refractivity contribution in [3.8, 4) is 17.2 Å². The molecular weight excluding hydrogens is 344 g/mol. The van der Waals surface area contributed by atoms with Gasteiger partial charge in [-0.1, -0.05) is 18.2 Å². The van der Waals surface area contributed by atoms with E-state index in [1.54, 1.807) is 30.0 Å². The Morgan fingerprint density at radius 1 is 1.19 bits per heavy atom. The van der Waals surface area contributed by atoms with Crippen molar-refractivity contribution in [2.24, 2.45) is 0 Å². The molecule has 2 N–H and O–H groups in total. The minimum atomic E-state index is -0.131. The van der Waals surface area contributed by atoms with Crippen LogP contribution in [0, 0.1) is 0 Å². The Morgan fingerprint density at radius 2 is 2.04 bits per heavy atom. The SMILES string of the molecule is CC(=O)N1C[C@H]2NC(=O)CCc3ccc(O)c(c3)Oc3cccc(c3)[C@@H]2C1. The molecule has 6 nitrogen and oxygen atoms in total. The normalized spacial score (nSPS) is 21.8. The van der Waals surface area contributed by atoms with Crippen molar-refractivity contribution in [1.82, 2.24) is 10.2 Å². The maximum atomic E-state index is 12.5. The van der Waals surface area contributed by atoms with E-state index in [2.05, 4.69) is 5.32 Å². The zero-order chi connectivity index (χ0) is 19.0. The summed E-state index contributed by atoms with van der Waals surface area (Å²) in [7, 11) is 0. The average Bonchev–Trinajstić information content (AvgIpc) is 3.06. The molecule has 2 aliphatic rings. The van der Waals surface area contributed by atoms with Crippen LogP contribution in [0.4, 0.5) is 0 Å². The van der Waals surface area contributed by atoms with Crippen LogP contribution in [0.3, 0.4) is 0 Å². The van der Waals surface area contributed by atoms with Crippen LogP contribution in [0.1, 0.15) is 30.4 Å². The number of ether oxygens (including phenoxy) is 1. The molecule has 2 atom stereocenters. The van der Waals surface area contributed by atoms with E-state index in [-0.39, 0.29) is 29.5 Å². The van der Waals surface area contributed by atoms with Gasteiger partial charge in [0.2, 0.25) is 11.8 Å². The third-order valence-corrected chi connectivity index (χ3v) is 5.29. The zero-order valence-electron chi connectivity index (χ0n) is 15.1. The largest absolute Gasteiger partial charge is 0.504 e. The van der Waals surface area contributed by atoms with E-state index in [0.29, 0.717) is 37.4 Å². The van der Waals surface area contributed by atoms with Gasteiger partial charge >= 0.3 is 0 Å². The summed E-state index contributed by atoms with van der Waals surface area (Å²) in [6, 6.07) is 12.6. The summed E-state index contributed by atoms with van der Waals surface area (Å²) >= 11 is 0. The van der Waals surface area contributed by atoms with E-state index in [1.165, 1.54) is 0 Å². The third-order valence-electron chi connectivity index (χ3n) is 5.29. The molecule has 140 valence electrons. The van der Waals surface area contributed by atoms with Crippen LogP contribution >= 0.6 is 0 Å². The van der Waals surface area contributed by atoms with Gasteiger partial charge in [-0.15, -0.1) is 0 Å². The van der Waals surface area contributed by atoms with Crippen molar-refractivity contribution < 1.29 is 19.4 Å². The number of benzene rings is 2. The molecule has 0 unspecified atom stereocenters. The number of amides is 2. The number of fused-ring (bicyclic) bond motifs is 6. The first-order chi connectivity index (χ1) is 13.0. The number of carbonyl (C=O) groups is 2. The van der Waals surface area contributed by atoms with Gasteiger partial charge in [0.05, 0.1) is 6.04 Å². The first kappa shape index (κ1) is 17.4. The Morgan fingerprint density at radius 3 is 2.85 bits per heavy atom. The molecule has 1 saturated heterocycles. The van der Waals surface area contributed by atoms with Gasteiger partial charge in [0.25, 0.3) is 0 Å². The highest BCUT2D eigenvalue weighted by atomic mass is 16.5. The van der Waals surface area contributed by atoms with Crippen LogP contribution < -0.4 is 10.1 Å². The molecule has 0 radical (unpaired) electrons. The second kappa shape index (κ2) is 6.95. The Bertz CT molecular complexity index is 896. The standard InChI is InChI=1S/C21H22N2O4/c1-13(24)23-11-17-15-3-2-4-16(10-15)27-20-9-14(5-7-19(20)25)6-8-21(26)22-18(17)12-23/h2-5,7,9-10,17-18,25H,6,8,11-12H2,1H3,(H,22,26)/t17-,18+/m0/s1. The summed E-state index contributed by atoms with van der Waals surface area (Å²) in [6.07, 6.45) is 0.888. The maximum absolute atomic E-state index is 12.5. The fourth-order valence-corrected chi connectivity index (χ4v) is 3.81. The third kappa shape index (κ3) is 3.60. The van der Waals surface area contributed by atoms with Crippen LogP contribution in [-0.2, 0) is 16.0 Å². The lowest BCUT2D eigenvalue weighted by Crippen LogP contribution is -2.40. The number of phenols is 1. The van der Waals surface area contributed by atoms with Gasteiger partial charge in [0.15, 0.2) is 11.5 Å². The van der Waals surface area contributed by atoms with Crippen LogP contribution in [0.2, 0.25) is 0 Å². The number of hydrogen-bond donors (Lipinski definition) is 2. The first-order valence-corrected chi connectivity index (χ1v) is 9.14. The highest BCUT2D eigenvalue weighted by Crippen LogP contribution is 2.35. The predicted molar refractivity (Wildman–Crippen MR) is 99.9 cm³/mol. The number of nitrogens with one attached hydrogen (secondary N) is 1. The lowest BCUT2D eigenvalue weighted by molar-refractivity contribution is -0.128. The van der Waals surface area contributed by atoms with Crippen LogP contribution in [0.15, 0.2) is 42.5 Å². The number of hydrogen-bond acceptors (Lipinski definition) is 4. The molecule has 0 aromatic heterocycles. The summed E-state index contributed by atoms with van der Waals surface area (Å²) in [5, 5.41) is 13.2. The summed E-state index contributed by atoms with van der Waals surface area (Å²) < 4.78 is 5.92. The average molecular weight is 366 g/mol. The topological polar surface area (TPSA) is 78.9 Å². The van der Waals surface area contributed by atoms with Crippen LogP contribution in [0.5, 0.6) is 17.2 Å². The molecule has 0 aliphatic carbocycles. The summed E-state index contributed by atoms with van der Waals surface area (Å²) in [5.41, 5.74) is 1.91. The van der Waals surface area contributed by atoms with Crippen molar-refractivity contribution in [3.05, 3.63) is 53.6 Å². The molecule has 2 aliphatic heterocycles. The summed E-state index contributed by atoms with van der Waals surface area (Å²) in [4.78, 5) is 26.1. The highest BCUT2D eigenvalue weighted by molar-refractivity contribution is 5.78. The summed E-state index contributed by atoms with van der Waals surface area (Å²) in [5.74, 6) is 1.01. The van der Waals surface area contributed by atoms with Gasteiger partial charge in [0, 0.05) is 32.4 Å². The predicted octanol–water partition coefficient (Wildman–Crippen LogP) is 2.56. The van der Waals surface area contributed by atoms with E-state index in [0.717, 1.165) is 11.1 Å². The Kier molecular flexibility index (Phi) is 4.48. The molecule has 2 amide bonds. The smallest absolute Gasteiger partial charge is 0.220 e. The molecule has 2 aromatic rings. The minimum absolute atomic E-state index is 0.00105. The number of carbonyl (C=O) groups excluding carboxylic acids is 2.